The van der Waals surface area contributed by atoms with Gasteiger partial charge in [0.15, 0.2) is 12.4 Å². The zero-order chi connectivity index (χ0) is 8.43. The molecule has 1 aliphatic rings. The number of ether oxygens (including phenoxy) is 1. The second-order valence-corrected chi connectivity index (χ2v) is 2.50. The molecule has 5 heteroatoms. The summed E-state index contributed by atoms with van der Waals surface area (Å²) >= 11 is 0. The second kappa shape index (κ2) is 3.17. The molecule has 1 rings (SSSR count). The predicted molar refractivity (Wildman–Crippen MR) is 33.8 cm³/mol. The number of carboxylic acid groups (broad SMARTS) is 1. The van der Waals surface area contributed by atoms with Crippen LogP contribution in [-0.4, -0.2) is 39.8 Å². The van der Waals surface area contributed by atoms with Gasteiger partial charge in [0.2, 0.25) is 0 Å². The van der Waals surface area contributed by atoms with Gasteiger partial charge in [-0.15, -0.1) is 0 Å². The van der Waals surface area contributed by atoms with Gasteiger partial charge in [0.1, 0.15) is 6.10 Å². The Hall–Kier alpha value is -0.650. The average molecular weight is 162 g/mol. The minimum Gasteiger partial charge on any atom is -0.479 e. The summed E-state index contributed by atoms with van der Waals surface area (Å²) in [5.41, 5.74) is 0. The van der Waals surface area contributed by atoms with Crippen LogP contribution in [0.3, 0.4) is 0 Å². The molecule has 1 fully saturated rings. The number of aliphatic hydroxyl groups excluding tert-OH is 2. The molecular weight excluding hydrogens is 152 g/mol. The summed E-state index contributed by atoms with van der Waals surface area (Å²) in [7, 11) is 0. The van der Waals surface area contributed by atoms with E-state index in [-0.39, 0.29) is 12.8 Å². The lowest BCUT2D eigenvalue weighted by atomic mass is 10.1. The monoisotopic (exact) mass is 162 g/mol. The molecule has 0 aromatic carbocycles. The summed E-state index contributed by atoms with van der Waals surface area (Å²) in [5, 5.41) is 26.2. The molecule has 3 atom stereocenters. The lowest BCUT2D eigenvalue weighted by molar-refractivity contribution is -0.221. The Balaban J connectivity index is 2.46. The highest BCUT2D eigenvalue weighted by atomic mass is 16.6. The van der Waals surface area contributed by atoms with Crippen molar-refractivity contribution in [3.05, 3.63) is 0 Å². The number of rotatable bonds is 1. The van der Waals surface area contributed by atoms with Gasteiger partial charge in [-0.25, -0.2) is 4.79 Å². The molecule has 0 amide bonds. The van der Waals surface area contributed by atoms with Gasteiger partial charge in [0, 0.05) is 0 Å². The highest BCUT2D eigenvalue weighted by molar-refractivity contribution is 5.72. The molecule has 1 heterocycles. The van der Waals surface area contributed by atoms with Crippen molar-refractivity contribution in [3.63, 3.8) is 0 Å². The molecule has 0 saturated carbocycles. The lowest BCUT2D eigenvalue weighted by Gasteiger charge is -2.27. The van der Waals surface area contributed by atoms with Crippen LogP contribution in [0.25, 0.3) is 0 Å². The van der Waals surface area contributed by atoms with E-state index in [1.54, 1.807) is 0 Å². The van der Waals surface area contributed by atoms with E-state index >= 15 is 0 Å². The highest BCUT2D eigenvalue weighted by Crippen LogP contribution is 2.17. The van der Waals surface area contributed by atoms with E-state index in [0.717, 1.165) is 0 Å². The van der Waals surface area contributed by atoms with Crippen molar-refractivity contribution in [2.45, 2.75) is 31.3 Å². The van der Waals surface area contributed by atoms with Gasteiger partial charge < -0.3 is 20.1 Å². The topological polar surface area (TPSA) is 87.0 Å². The summed E-state index contributed by atoms with van der Waals surface area (Å²) in [6.07, 6.45) is -2.78. The predicted octanol–water partition coefficient (Wildman–Crippen LogP) is -1.07. The maximum Gasteiger partial charge on any atom is 0.332 e. The first-order valence-corrected chi connectivity index (χ1v) is 3.35. The zero-order valence-corrected chi connectivity index (χ0v) is 5.80. The standard InChI is InChI=1S/C6H10O5/c7-3-1-2-4(5(8)9)11-6(3)10/h3-4,6-7,10H,1-2H2,(H,8,9). The smallest absolute Gasteiger partial charge is 0.332 e. The van der Waals surface area contributed by atoms with Crippen LogP contribution in [0.5, 0.6) is 0 Å². The van der Waals surface area contributed by atoms with E-state index in [1.165, 1.54) is 0 Å². The van der Waals surface area contributed by atoms with Crippen LogP contribution in [0.4, 0.5) is 0 Å². The first-order valence-electron chi connectivity index (χ1n) is 3.35. The molecule has 0 bridgehead atoms. The van der Waals surface area contributed by atoms with Crippen LogP contribution >= 0.6 is 0 Å². The van der Waals surface area contributed by atoms with Crippen LogP contribution in [0.2, 0.25) is 0 Å². The Kier molecular flexibility index (Phi) is 2.43. The number of carbonyl (C=O) groups is 1. The van der Waals surface area contributed by atoms with Gasteiger partial charge in [-0.3, -0.25) is 0 Å². The Morgan fingerprint density at radius 2 is 2.00 bits per heavy atom. The molecule has 3 unspecified atom stereocenters. The minimum atomic E-state index is -1.36. The normalized spacial score (nSPS) is 38.5. The van der Waals surface area contributed by atoms with Crippen LogP contribution in [0.15, 0.2) is 0 Å². The molecular formula is C6H10O5. The first kappa shape index (κ1) is 8.45. The third kappa shape index (κ3) is 1.89. The van der Waals surface area contributed by atoms with Gasteiger partial charge in [-0.2, -0.15) is 0 Å². The SMILES string of the molecule is O=C(O)C1CCC(O)C(O)O1. The van der Waals surface area contributed by atoms with Crippen molar-refractivity contribution in [2.24, 2.45) is 0 Å². The van der Waals surface area contributed by atoms with Crippen molar-refractivity contribution in [2.75, 3.05) is 0 Å². The average Bonchev–Trinajstić information content (AvgIpc) is 1.94. The van der Waals surface area contributed by atoms with Crippen LogP contribution in [-0.2, 0) is 9.53 Å². The molecule has 0 aromatic heterocycles. The quantitative estimate of drug-likeness (QED) is 0.457. The van der Waals surface area contributed by atoms with Crippen LogP contribution < -0.4 is 0 Å². The molecule has 1 saturated heterocycles. The Morgan fingerprint density at radius 3 is 2.45 bits per heavy atom. The van der Waals surface area contributed by atoms with Crippen molar-refractivity contribution in [3.8, 4) is 0 Å². The number of aliphatic hydroxyl groups is 2. The number of hydrogen-bond donors (Lipinski definition) is 3. The Morgan fingerprint density at radius 1 is 1.36 bits per heavy atom. The zero-order valence-electron chi connectivity index (χ0n) is 5.80. The highest BCUT2D eigenvalue weighted by Gasteiger charge is 2.31. The summed E-state index contributed by atoms with van der Waals surface area (Å²) < 4.78 is 4.57. The summed E-state index contributed by atoms with van der Waals surface area (Å²) in [4.78, 5) is 10.3. The molecule has 64 valence electrons. The maximum absolute atomic E-state index is 10.3. The van der Waals surface area contributed by atoms with E-state index in [0.29, 0.717) is 0 Å². The number of carboxylic acids is 1. The third-order valence-electron chi connectivity index (χ3n) is 1.63. The van der Waals surface area contributed by atoms with Crippen molar-refractivity contribution >= 4 is 5.97 Å². The van der Waals surface area contributed by atoms with Gasteiger partial charge in [-0.1, -0.05) is 0 Å². The van der Waals surface area contributed by atoms with Gasteiger partial charge in [0.05, 0.1) is 0 Å². The summed E-state index contributed by atoms with van der Waals surface area (Å²) in [6, 6.07) is 0. The number of hydrogen-bond acceptors (Lipinski definition) is 4. The fourth-order valence-electron chi connectivity index (χ4n) is 0.973. The molecule has 1 aliphatic heterocycles. The fraction of sp³-hybridized carbons (Fsp3) is 0.833. The van der Waals surface area contributed by atoms with Crippen molar-refractivity contribution < 1.29 is 24.9 Å². The van der Waals surface area contributed by atoms with Gasteiger partial charge >= 0.3 is 5.97 Å². The van der Waals surface area contributed by atoms with Crippen LogP contribution in [0, 0.1) is 0 Å². The van der Waals surface area contributed by atoms with E-state index in [1.807, 2.05) is 0 Å². The van der Waals surface area contributed by atoms with Gasteiger partial charge in [-0.05, 0) is 12.8 Å². The molecule has 3 N–H and O–H groups in total. The van der Waals surface area contributed by atoms with E-state index in [9.17, 15) is 4.79 Å². The second-order valence-electron chi connectivity index (χ2n) is 2.50. The maximum atomic E-state index is 10.3. The first-order chi connectivity index (χ1) is 5.11. The summed E-state index contributed by atoms with van der Waals surface area (Å²) in [6.45, 7) is 0. The number of aliphatic carboxylic acids is 1. The molecule has 5 nitrogen and oxygen atoms in total. The minimum absolute atomic E-state index is 0.244. The van der Waals surface area contributed by atoms with E-state index in [2.05, 4.69) is 4.74 Å². The van der Waals surface area contributed by atoms with E-state index in [4.69, 9.17) is 15.3 Å². The molecule has 0 radical (unpaired) electrons. The summed E-state index contributed by atoms with van der Waals surface area (Å²) in [5.74, 6) is -1.10. The van der Waals surface area contributed by atoms with Crippen molar-refractivity contribution in [1.29, 1.82) is 0 Å². The molecule has 0 aromatic rings. The largest absolute Gasteiger partial charge is 0.479 e. The van der Waals surface area contributed by atoms with E-state index < -0.39 is 24.5 Å². The Labute approximate surface area is 63.2 Å². The fourth-order valence-corrected chi connectivity index (χ4v) is 0.973. The van der Waals surface area contributed by atoms with Crippen LogP contribution in [0.1, 0.15) is 12.8 Å². The molecule has 0 aliphatic carbocycles. The van der Waals surface area contributed by atoms with Gasteiger partial charge in [0.25, 0.3) is 0 Å². The van der Waals surface area contributed by atoms with Crippen molar-refractivity contribution in [1.82, 2.24) is 0 Å². The molecule has 0 spiro atoms. The third-order valence-corrected chi connectivity index (χ3v) is 1.63. The lowest BCUT2D eigenvalue weighted by Crippen LogP contribution is -2.41. The Bertz CT molecular complexity index is 157. The molecule has 11 heavy (non-hydrogen) atoms.